The lowest BCUT2D eigenvalue weighted by molar-refractivity contribution is -0.313. The summed E-state index contributed by atoms with van der Waals surface area (Å²) in [6, 6.07) is 0. The molecule has 0 aromatic rings. The predicted molar refractivity (Wildman–Crippen MR) is 35.1 cm³/mol. The van der Waals surface area contributed by atoms with Crippen LogP contribution in [0.2, 0.25) is 0 Å². The van der Waals surface area contributed by atoms with E-state index in [1.165, 1.54) is 6.92 Å². The fourth-order valence-corrected chi connectivity index (χ4v) is 0.703. The lowest BCUT2D eigenvalue weighted by Crippen LogP contribution is -2.36. The molecule has 1 N–H and O–H groups in total. The molecule has 0 unspecified atom stereocenters. The molecule has 0 saturated heterocycles. The molecule has 0 aliphatic rings. The molecule has 0 rings (SSSR count). The van der Waals surface area contributed by atoms with Crippen molar-refractivity contribution >= 4 is 5.97 Å². The smallest absolute Gasteiger partial charge is 0.0617 e. The Bertz CT molecular complexity index is 111. The van der Waals surface area contributed by atoms with Crippen LogP contribution in [-0.4, -0.2) is 17.2 Å². The van der Waals surface area contributed by atoms with Crippen molar-refractivity contribution in [3.63, 3.8) is 0 Å². The van der Waals surface area contributed by atoms with Crippen molar-refractivity contribution in [2.75, 3.05) is 0 Å². The van der Waals surface area contributed by atoms with E-state index in [0.29, 0.717) is 6.42 Å². The van der Waals surface area contributed by atoms with E-state index in [4.69, 9.17) is 5.11 Å². The van der Waals surface area contributed by atoms with Crippen LogP contribution in [0.4, 0.5) is 0 Å². The average molecular weight is 145 g/mol. The summed E-state index contributed by atoms with van der Waals surface area (Å²) in [5, 5.41) is 19.2. The summed E-state index contributed by atoms with van der Waals surface area (Å²) in [4.78, 5) is 10.1. The third-order valence-electron chi connectivity index (χ3n) is 1.53. The molecule has 0 aliphatic heterocycles. The lowest BCUT2D eigenvalue weighted by atomic mass is 10.0. The van der Waals surface area contributed by atoms with Gasteiger partial charge in [0.1, 0.15) is 0 Å². The number of carbonyl (C=O) groups excluding carboxylic acids is 1. The molecule has 0 heterocycles. The molecule has 0 aromatic heterocycles. The fraction of sp³-hybridized carbons (Fsp3) is 0.857. The van der Waals surface area contributed by atoms with Crippen LogP contribution in [0.15, 0.2) is 0 Å². The van der Waals surface area contributed by atoms with E-state index in [9.17, 15) is 9.90 Å². The highest BCUT2D eigenvalue weighted by atomic mass is 16.4. The minimum atomic E-state index is -1.18. The molecular weight excluding hydrogens is 132 g/mol. The van der Waals surface area contributed by atoms with Crippen LogP contribution in [0, 0.1) is 5.92 Å². The number of carboxylic acid groups (broad SMARTS) is 1. The van der Waals surface area contributed by atoms with Gasteiger partial charge < -0.3 is 15.0 Å². The number of carboxylic acids is 1. The van der Waals surface area contributed by atoms with Crippen LogP contribution in [-0.2, 0) is 4.79 Å². The molecule has 0 spiro atoms. The van der Waals surface area contributed by atoms with Gasteiger partial charge >= 0.3 is 0 Å². The number of hydrogen-bond acceptors (Lipinski definition) is 3. The normalized spacial score (nSPS) is 16.3. The van der Waals surface area contributed by atoms with Gasteiger partial charge in [-0.15, -0.1) is 0 Å². The van der Waals surface area contributed by atoms with Crippen LogP contribution in [0.5, 0.6) is 0 Å². The third kappa shape index (κ3) is 2.82. The standard InChI is InChI=1S/C7H14O3/c1-3-4-6(8)5(2)7(9)10/h5-6,8H,3-4H2,1-2H3,(H,9,10)/p-1/t5-,6+/m0/s1. The molecule has 10 heavy (non-hydrogen) atoms. The van der Waals surface area contributed by atoms with Crippen molar-refractivity contribution in [1.29, 1.82) is 0 Å². The van der Waals surface area contributed by atoms with Crippen molar-refractivity contribution in [2.24, 2.45) is 5.92 Å². The molecule has 0 aromatic carbocycles. The molecule has 3 heteroatoms. The van der Waals surface area contributed by atoms with Crippen LogP contribution in [0.25, 0.3) is 0 Å². The first-order chi connectivity index (χ1) is 4.59. The number of aliphatic hydroxyl groups excluding tert-OH is 1. The maximum absolute atomic E-state index is 10.1. The summed E-state index contributed by atoms with van der Waals surface area (Å²) in [5.74, 6) is -1.93. The molecule has 0 radical (unpaired) electrons. The highest BCUT2D eigenvalue weighted by molar-refractivity contribution is 5.67. The largest absolute Gasteiger partial charge is 0.550 e. The lowest BCUT2D eigenvalue weighted by Gasteiger charge is -2.18. The first-order valence-electron chi connectivity index (χ1n) is 3.48. The van der Waals surface area contributed by atoms with E-state index >= 15 is 0 Å². The summed E-state index contributed by atoms with van der Waals surface area (Å²) >= 11 is 0. The van der Waals surface area contributed by atoms with E-state index in [-0.39, 0.29) is 0 Å². The second kappa shape index (κ2) is 4.28. The van der Waals surface area contributed by atoms with Gasteiger partial charge in [0.2, 0.25) is 0 Å². The Morgan fingerprint density at radius 1 is 1.70 bits per heavy atom. The summed E-state index contributed by atoms with van der Waals surface area (Å²) in [6.45, 7) is 3.35. The molecule has 3 nitrogen and oxygen atoms in total. The Labute approximate surface area is 60.7 Å². The number of aliphatic hydroxyl groups is 1. The summed E-state index contributed by atoms with van der Waals surface area (Å²) in [7, 11) is 0. The molecule has 0 saturated carbocycles. The maximum Gasteiger partial charge on any atom is 0.0617 e. The van der Waals surface area contributed by atoms with Crippen molar-refractivity contribution in [3.8, 4) is 0 Å². The molecule has 0 fully saturated rings. The first-order valence-corrected chi connectivity index (χ1v) is 3.48. The van der Waals surface area contributed by atoms with E-state index in [0.717, 1.165) is 6.42 Å². The SMILES string of the molecule is CCC[C@@H](O)[C@H](C)C(=O)[O-]. The first kappa shape index (κ1) is 9.43. The van der Waals surface area contributed by atoms with Crippen molar-refractivity contribution < 1.29 is 15.0 Å². The van der Waals surface area contributed by atoms with Gasteiger partial charge in [0.25, 0.3) is 0 Å². The zero-order valence-electron chi connectivity index (χ0n) is 6.33. The summed E-state index contributed by atoms with van der Waals surface area (Å²) in [6.07, 6.45) is 0.559. The molecular formula is C7H13O3-. The topological polar surface area (TPSA) is 60.4 Å². The van der Waals surface area contributed by atoms with E-state index in [2.05, 4.69) is 0 Å². The minimum absolute atomic E-state index is 0.523. The Balaban J connectivity index is 3.69. The van der Waals surface area contributed by atoms with Crippen LogP contribution < -0.4 is 5.11 Å². The van der Waals surface area contributed by atoms with Crippen molar-refractivity contribution in [3.05, 3.63) is 0 Å². The molecule has 2 atom stereocenters. The van der Waals surface area contributed by atoms with Crippen molar-refractivity contribution in [1.82, 2.24) is 0 Å². The number of carbonyl (C=O) groups is 1. The van der Waals surface area contributed by atoms with Gasteiger partial charge in [-0.2, -0.15) is 0 Å². The Morgan fingerprint density at radius 2 is 2.20 bits per heavy atom. The van der Waals surface area contributed by atoms with Gasteiger partial charge in [0.05, 0.1) is 6.10 Å². The van der Waals surface area contributed by atoms with Gasteiger partial charge in [0, 0.05) is 11.9 Å². The Kier molecular flexibility index (Phi) is 4.03. The Hall–Kier alpha value is -0.570. The van der Waals surface area contributed by atoms with Crippen LogP contribution >= 0.6 is 0 Å². The predicted octanol–water partition coefficient (Wildman–Crippen LogP) is -0.467. The third-order valence-corrected chi connectivity index (χ3v) is 1.53. The number of aliphatic carboxylic acids is 1. The number of hydrogen-bond donors (Lipinski definition) is 1. The summed E-state index contributed by atoms with van der Waals surface area (Å²) < 4.78 is 0. The molecule has 0 amide bonds. The van der Waals surface area contributed by atoms with Crippen LogP contribution in [0.3, 0.4) is 0 Å². The number of rotatable bonds is 4. The van der Waals surface area contributed by atoms with Gasteiger partial charge in [-0.05, 0) is 6.42 Å². The van der Waals surface area contributed by atoms with Gasteiger partial charge in [-0.25, -0.2) is 0 Å². The van der Waals surface area contributed by atoms with Gasteiger partial charge in [-0.3, -0.25) is 0 Å². The van der Waals surface area contributed by atoms with Crippen LogP contribution in [0.1, 0.15) is 26.7 Å². The Morgan fingerprint density at radius 3 is 2.50 bits per heavy atom. The highest BCUT2D eigenvalue weighted by Gasteiger charge is 2.13. The highest BCUT2D eigenvalue weighted by Crippen LogP contribution is 2.07. The quantitative estimate of drug-likeness (QED) is 0.582. The maximum atomic E-state index is 10.1. The van der Waals surface area contributed by atoms with E-state index in [1.54, 1.807) is 0 Å². The second-order valence-corrected chi connectivity index (χ2v) is 2.46. The summed E-state index contributed by atoms with van der Waals surface area (Å²) in [5.41, 5.74) is 0. The zero-order chi connectivity index (χ0) is 8.15. The second-order valence-electron chi connectivity index (χ2n) is 2.46. The van der Waals surface area contributed by atoms with E-state index < -0.39 is 18.0 Å². The minimum Gasteiger partial charge on any atom is -0.550 e. The molecule has 0 bridgehead atoms. The molecule has 0 aliphatic carbocycles. The van der Waals surface area contributed by atoms with Crippen molar-refractivity contribution in [2.45, 2.75) is 32.8 Å². The van der Waals surface area contributed by atoms with E-state index in [1.807, 2.05) is 6.92 Å². The average Bonchev–Trinajstić information content (AvgIpc) is 1.87. The van der Waals surface area contributed by atoms with Gasteiger partial charge in [0.15, 0.2) is 0 Å². The molecule has 60 valence electrons. The zero-order valence-corrected chi connectivity index (χ0v) is 6.33. The fourth-order valence-electron chi connectivity index (χ4n) is 0.703. The van der Waals surface area contributed by atoms with Gasteiger partial charge in [-0.1, -0.05) is 20.3 Å². The monoisotopic (exact) mass is 145 g/mol.